The highest BCUT2D eigenvalue weighted by Crippen LogP contribution is 2.36. The van der Waals surface area contributed by atoms with Crippen molar-refractivity contribution in [3.05, 3.63) is 53.1 Å². The first-order valence-corrected chi connectivity index (χ1v) is 12.9. The molecule has 0 saturated carbocycles. The lowest BCUT2D eigenvalue weighted by Crippen LogP contribution is -2.47. The van der Waals surface area contributed by atoms with Crippen LogP contribution in [0.25, 0.3) is 11.0 Å². The smallest absolute Gasteiger partial charge is 0.422 e. The van der Waals surface area contributed by atoms with E-state index >= 15 is 0 Å². The number of piperidine rings is 1. The zero-order valence-corrected chi connectivity index (χ0v) is 22.3. The maximum absolute atomic E-state index is 13.4. The van der Waals surface area contributed by atoms with E-state index in [2.05, 4.69) is 15.6 Å². The second-order valence-corrected chi connectivity index (χ2v) is 9.60. The number of carbonyl (C=O) groups excluding carboxylic acids is 3. The van der Waals surface area contributed by atoms with Gasteiger partial charge in [0.05, 0.1) is 16.8 Å². The maximum atomic E-state index is 13.4. The molecular weight excluding hydrogens is 550 g/mol. The number of hydrogen-bond donors (Lipinski definition) is 3. The number of ether oxygens (including phenoxy) is 1. The monoisotopic (exact) mass is 579 g/mol. The minimum absolute atomic E-state index is 0.0804. The predicted molar refractivity (Wildman–Crippen MR) is 140 cm³/mol. The summed E-state index contributed by atoms with van der Waals surface area (Å²) in [4.78, 5) is 43.9. The number of aliphatic hydroxyl groups is 1. The molecule has 3 heterocycles. The summed E-state index contributed by atoms with van der Waals surface area (Å²) in [6.45, 7) is 0.0882. The summed E-state index contributed by atoms with van der Waals surface area (Å²) in [5.74, 6) is -2.57. The van der Waals surface area contributed by atoms with Gasteiger partial charge >= 0.3 is 6.18 Å². The van der Waals surface area contributed by atoms with E-state index in [-0.39, 0.29) is 39.8 Å². The lowest BCUT2D eigenvalue weighted by Gasteiger charge is -2.32. The van der Waals surface area contributed by atoms with E-state index in [4.69, 9.17) is 9.84 Å². The minimum Gasteiger partial charge on any atom is -0.481 e. The molecule has 3 amide bonds. The second kappa shape index (κ2) is 12.1. The number of rotatable bonds is 8. The number of likely N-dealkylation sites (tertiary alicyclic amines) is 1. The van der Waals surface area contributed by atoms with Crippen molar-refractivity contribution in [1.29, 1.82) is 0 Å². The van der Waals surface area contributed by atoms with Gasteiger partial charge in [-0.1, -0.05) is 6.92 Å². The summed E-state index contributed by atoms with van der Waals surface area (Å²) in [5.41, 5.74) is 0.748. The summed E-state index contributed by atoms with van der Waals surface area (Å²) in [6, 6.07) is 5.85. The molecule has 0 radical (unpaired) electrons. The number of nitrogens with one attached hydrogen (secondary N) is 2. The molecule has 1 aromatic carbocycles. The third-order valence-corrected chi connectivity index (χ3v) is 6.80. The van der Waals surface area contributed by atoms with E-state index in [0.717, 1.165) is 12.1 Å². The number of nitrogens with zero attached hydrogens (tertiary/aromatic N) is 3. The summed E-state index contributed by atoms with van der Waals surface area (Å²) in [7, 11) is 1.48. The normalized spacial score (nSPS) is 14.3. The van der Waals surface area contributed by atoms with Crippen molar-refractivity contribution in [3.63, 3.8) is 0 Å². The van der Waals surface area contributed by atoms with E-state index in [0.29, 0.717) is 38.0 Å². The van der Waals surface area contributed by atoms with Crippen molar-refractivity contribution in [2.24, 2.45) is 7.05 Å². The maximum Gasteiger partial charge on any atom is 0.422 e. The molecule has 0 aliphatic carbocycles. The Bertz CT molecular complexity index is 1450. The first-order chi connectivity index (χ1) is 19.4. The van der Waals surface area contributed by atoms with Gasteiger partial charge in [-0.3, -0.25) is 14.4 Å². The van der Waals surface area contributed by atoms with Gasteiger partial charge in [-0.25, -0.2) is 9.37 Å². The van der Waals surface area contributed by atoms with Crippen molar-refractivity contribution in [2.45, 2.75) is 38.4 Å². The molecule has 3 N–H and O–H groups in total. The van der Waals surface area contributed by atoms with Gasteiger partial charge in [-0.05, 0) is 49.6 Å². The standard InChI is InChI=1S/C27H29F4N5O5/c1-3-19-20(34-25(39)15-4-6-16(28)7-5-15)12-18-23(41-14-27(29,30)31)22(35(2)24(18)33-19)26(40)32-17-8-10-36(11-9-17)21(38)13-37/h4-7,12,17,37H,3,8-11,13-14H2,1-2H3,(H,32,40)(H,34,39). The van der Waals surface area contributed by atoms with Crippen LogP contribution < -0.4 is 15.4 Å². The highest BCUT2D eigenvalue weighted by molar-refractivity contribution is 6.07. The van der Waals surface area contributed by atoms with Gasteiger partial charge in [-0.2, -0.15) is 13.2 Å². The van der Waals surface area contributed by atoms with E-state index in [1.165, 1.54) is 34.7 Å². The molecule has 0 bridgehead atoms. The van der Waals surface area contributed by atoms with Crippen molar-refractivity contribution in [2.75, 3.05) is 31.6 Å². The summed E-state index contributed by atoms with van der Waals surface area (Å²) >= 11 is 0. The molecule has 1 aliphatic heterocycles. The Morgan fingerprint density at radius 3 is 2.37 bits per heavy atom. The first-order valence-electron chi connectivity index (χ1n) is 12.9. The number of alkyl halides is 3. The molecule has 3 aromatic rings. The fraction of sp³-hybridized carbons (Fsp3) is 0.407. The third-order valence-electron chi connectivity index (χ3n) is 6.80. The van der Waals surface area contributed by atoms with Crippen LogP contribution in [0.5, 0.6) is 5.75 Å². The van der Waals surface area contributed by atoms with Crippen LogP contribution in [0.1, 0.15) is 46.3 Å². The Morgan fingerprint density at radius 2 is 1.78 bits per heavy atom. The van der Waals surface area contributed by atoms with E-state index in [9.17, 15) is 31.9 Å². The van der Waals surface area contributed by atoms with Crippen LogP contribution in [-0.2, 0) is 18.3 Å². The lowest BCUT2D eigenvalue weighted by molar-refractivity contribution is -0.153. The minimum atomic E-state index is -4.70. The molecule has 0 atom stereocenters. The summed E-state index contributed by atoms with van der Waals surface area (Å²) in [6.07, 6.45) is -3.58. The number of fused-ring (bicyclic) bond motifs is 1. The van der Waals surface area contributed by atoms with Gasteiger partial charge < -0.3 is 29.9 Å². The van der Waals surface area contributed by atoms with Crippen molar-refractivity contribution in [3.8, 4) is 5.75 Å². The third kappa shape index (κ3) is 6.76. The lowest BCUT2D eigenvalue weighted by atomic mass is 10.0. The van der Waals surface area contributed by atoms with Gasteiger partial charge in [-0.15, -0.1) is 0 Å². The fourth-order valence-corrected chi connectivity index (χ4v) is 4.71. The SMILES string of the molecule is CCc1nc2c(cc1NC(=O)c1ccc(F)cc1)c(OCC(F)(F)F)c(C(=O)NC1CCN(C(=O)CO)CC1)n2C. The zero-order valence-electron chi connectivity index (χ0n) is 22.3. The summed E-state index contributed by atoms with van der Waals surface area (Å²) in [5, 5.41) is 14.6. The fourth-order valence-electron chi connectivity index (χ4n) is 4.71. The molecule has 220 valence electrons. The van der Waals surface area contributed by atoms with Crippen molar-refractivity contribution < 1.29 is 41.8 Å². The number of aryl methyl sites for hydroxylation is 2. The highest BCUT2D eigenvalue weighted by Gasteiger charge is 2.33. The van der Waals surface area contributed by atoms with Crippen LogP contribution >= 0.6 is 0 Å². The number of pyridine rings is 1. The Kier molecular flexibility index (Phi) is 8.80. The van der Waals surface area contributed by atoms with E-state index < -0.39 is 42.9 Å². The molecule has 4 rings (SSSR count). The first kappa shape index (κ1) is 29.8. The Labute approximate surface area is 232 Å². The van der Waals surface area contributed by atoms with Gasteiger partial charge in [0, 0.05) is 31.7 Å². The number of benzene rings is 1. The number of aromatic nitrogens is 2. The highest BCUT2D eigenvalue weighted by atomic mass is 19.4. The Hall–Kier alpha value is -4.20. The van der Waals surface area contributed by atoms with Gasteiger partial charge in [0.15, 0.2) is 18.1 Å². The largest absolute Gasteiger partial charge is 0.481 e. The molecule has 0 spiro atoms. The average molecular weight is 580 g/mol. The van der Waals surface area contributed by atoms with Gasteiger partial charge in [0.2, 0.25) is 5.91 Å². The second-order valence-electron chi connectivity index (χ2n) is 9.60. The van der Waals surface area contributed by atoms with E-state index in [1.807, 2.05) is 0 Å². The average Bonchev–Trinajstić information content (AvgIpc) is 3.21. The van der Waals surface area contributed by atoms with Crippen LogP contribution in [-0.4, -0.2) is 75.8 Å². The van der Waals surface area contributed by atoms with Crippen LogP contribution in [0.15, 0.2) is 30.3 Å². The van der Waals surface area contributed by atoms with Crippen LogP contribution in [0.2, 0.25) is 0 Å². The quantitative estimate of drug-likeness (QED) is 0.352. The van der Waals surface area contributed by atoms with Crippen LogP contribution in [0, 0.1) is 5.82 Å². The summed E-state index contributed by atoms with van der Waals surface area (Å²) < 4.78 is 59.4. The van der Waals surface area contributed by atoms with Gasteiger partial charge in [0.1, 0.15) is 18.1 Å². The molecule has 1 saturated heterocycles. The Morgan fingerprint density at radius 1 is 1.12 bits per heavy atom. The molecular formula is C27H29F4N5O5. The number of aliphatic hydroxyl groups excluding tert-OH is 1. The number of amides is 3. The van der Waals surface area contributed by atoms with Crippen molar-refractivity contribution in [1.82, 2.24) is 19.8 Å². The molecule has 41 heavy (non-hydrogen) atoms. The molecule has 1 aliphatic rings. The van der Waals surface area contributed by atoms with Crippen LogP contribution in [0.4, 0.5) is 23.2 Å². The zero-order chi connectivity index (χ0) is 29.9. The van der Waals surface area contributed by atoms with Crippen LogP contribution in [0.3, 0.4) is 0 Å². The molecule has 2 aromatic heterocycles. The molecule has 14 heteroatoms. The molecule has 10 nitrogen and oxygen atoms in total. The Balaban J connectivity index is 1.69. The van der Waals surface area contributed by atoms with Gasteiger partial charge in [0.25, 0.3) is 11.8 Å². The predicted octanol–water partition coefficient (Wildman–Crippen LogP) is 3.18. The number of hydrogen-bond acceptors (Lipinski definition) is 6. The molecule has 0 unspecified atom stereocenters. The number of carbonyl (C=O) groups is 3. The number of anilines is 1. The molecule has 1 fully saturated rings. The topological polar surface area (TPSA) is 126 Å². The van der Waals surface area contributed by atoms with E-state index in [1.54, 1.807) is 6.92 Å². The van der Waals surface area contributed by atoms with Crippen molar-refractivity contribution >= 4 is 34.4 Å². The number of halogens is 4.